The molecular formula is C2H3ClHg. The molecule has 0 aliphatic rings. The minimum atomic E-state index is -0.877. The van der Waals surface area contributed by atoms with Crippen LogP contribution in [-0.4, -0.2) is 0 Å². The van der Waals surface area contributed by atoms with E-state index >= 15 is 0 Å². The first-order valence-corrected chi connectivity index (χ1v) is 11.0. The van der Waals surface area contributed by atoms with Gasteiger partial charge in [0.25, 0.3) is 0 Å². The van der Waals surface area contributed by atoms with Gasteiger partial charge in [0.15, 0.2) is 0 Å². The maximum atomic E-state index is 5.29. The van der Waals surface area contributed by atoms with Crippen molar-refractivity contribution in [2.75, 3.05) is 0 Å². The van der Waals surface area contributed by atoms with Crippen LogP contribution >= 0.6 is 8.25 Å². The molecule has 0 nitrogen and oxygen atoms in total. The molecule has 0 amide bonds. The first kappa shape index (κ1) is 4.97. The Bertz CT molecular complexity index is 20.0. The van der Waals surface area contributed by atoms with E-state index in [4.69, 9.17) is 8.25 Å². The van der Waals surface area contributed by atoms with Crippen molar-refractivity contribution >= 4 is 8.25 Å². The fraction of sp³-hybridized carbons (Fsp3) is 0. The van der Waals surface area contributed by atoms with Crippen molar-refractivity contribution in [3.63, 3.8) is 0 Å². The molecule has 0 saturated carbocycles. The van der Waals surface area contributed by atoms with Crippen LogP contribution in [0.3, 0.4) is 0 Å². The Morgan fingerprint density at radius 3 is 2.25 bits per heavy atom. The van der Waals surface area contributed by atoms with E-state index in [0.29, 0.717) is 0 Å². The molecule has 0 heterocycles. The molecule has 0 spiro atoms. The fourth-order valence-corrected chi connectivity index (χ4v) is 0. The van der Waals surface area contributed by atoms with Crippen LogP contribution in [0.5, 0.6) is 0 Å². The van der Waals surface area contributed by atoms with Crippen LogP contribution in [0.15, 0.2) is 10.2 Å². The van der Waals surface area contributed by atoms with Crippen LogP contribution in [0.25, 0.3) is 0 Å². The van der Waals surface area contributed by atoms with E-state index in [1.807, 2.05) is 3.58 Å². The quantitative estimate of drug-likeness (QED) is 0.627. The molecule has 0 rings (SSSR count). The van der Waals surface area contributed by atoms with Gasteiger partial charge in [0.1, 0.15) is 0 Å². The van der Waals surface area contributed by atoms with Crippen molar-refractivity contribution in [3.8, 4) is 0 Å². The van der Waals surface area contributed by atoms with Gasteiger partial charge in [-0.2, -0.15) is 0 Å². The van der Waals surface area contributed by atoms with Crippen molar-refractivity contribution < 1.29 is 23.3 Å². The third-order valence-corrected chi connectivity index (χ3v) is 2.87. The number of rotatable bonds is 1. The molecular weight excluding hydrogens is 260 g/mol. The number of halogens is 1. The summed E-state index contributed by atoms with van der Waals surface area (Å²) in [7, 11) is 5.29. The van der Waals surface area contributed by atoms with E-state index in [-0.39, 0.29) is 0 Å². The predicted octanol–water partition coefficient (Wildman–Crippen LogP) is 1.37. The van der Waals surface area contributed by atoms with Crippen LogP contribution in [0.2, 0.25) is 0 Å². The molecule has 0 aromatic rings. The van der Waals surface area contributed by atoms with Crippen LogP contribution in [0.1, 0.15) is 0 Å². The van der Waals surface area contributed by atoms with Gasteiger partial charge in [-0.3, -0.25) is 0 Å². The zero-order chi connectivity index (χ0) is 3.41. The predicted molar refractivity (Wildman–Crippen MR) is 16.1 cm³/mol. The molecule has 0 bridgehead atoms. The van der Waals surface area contributed by atoms with Gasteiger partial charge in [0.2, 0.25) is 0 Å². The SMILES string of the molecule is C=[CH][Hg][Cl]. The Hall–Kier alpha value is 0.965. The van der Waals surface area contributed by atoms with Crippen molar-refractivity contribution in [1.29, 1.82) is 0 Å². The second-order valence-corrected chi connectivity index (χ2v) is 6.60. The van der Waals surface area contributed by atoms with Crippen molar-refractivity contribution in [3.05, 3.63) is 10.2 Å². The summed E-state index contributed by atoms with van der Waals surface area (Å²) in [6, 6.07) is 0. The van der Waals surface area contributed by atoms with Crippen molar-refractivity contribution in [2.24, 2.45) is 0 Å². The monoisotopic (exact) mass is 264 g/mol. The zero-order valence-electron chi connectivity index (χ0n) is 2.37. The van der Waals surface area contributed by atoms with Gasteiger partial charge in [0, 0.05) is 0 Å². The van der Waals surface area contributed by atoms with Gasteiger partial charge in [-0.05, 0) is 0 Å². The van der Waals surface area contributed by atoms with Crippen LogP contribution in [0, 0.1) is 0 Å². The van der Waals surface area contributed by atoms with Crippen molar-refractivity contribution in [2.45, 2.75) is 0 Å². The molecule has 4 heavy (non-hydrogen) atoms. The summed E-state index contributed by atoms with van der Waals surface area (Å²) in [5, 5.41) is 0. The molecule has 0 unspecified atom stereocenters. The van der Waals surface area contributed by atoms with E-state index in [1.165, 1.54) is 0 Å². The number of hydrogen-bond acceptors (Lipinski definition) is 0. The summed E-state index contributed by atoms with van der Waals surface area (Å²) >= 11 is -0.877. The molecule has 0 atom stereocenters. The molecule has 0 aliphatic heterocycles. The summed E-state index contributed by atoms with van der Waals surface area (Å²) < 4.78 is 1.86. The molecule has 0 aromatic carbocycles. The summed E-state index contributed by atoms with van der Waals surface area (Å²) in [6.07, 6.45) is 0. The number of hydrogen-bond donors (Lipinski definition) is 0. The molecule has 0 aromatic heterocycles. The standard InChI is InChI=1S/C2H3.ClH.Hg/c1-2;;/h1H,2H2;1H;/q;;+1/p-1. The average Bonchev–Trinajstić information content (AvgIpc) is 1.37. The molecule has 20 valence electrons. The third kappa shape index (κ3) is 2.97. The Kier molecular flexibility index (Phi) is 4.92. The first-order valence-electron chi connectivity index (χ1n) is 1.08. The zero-order valence-corrected chi connectivity index (χ0v) is 8.62. The third-order valence-electron chi connectivity index (χ3n) is 0.109. The van der Waals surface area contributed by atoms with Gasteiger partial charge in [-0.1, -0.05) is 0 Å². The van der Waals surface area contributed by atoms with Gasteiger partial charge in [0.05, 0.1) is 0 Å². The van der Waals surface area contributed by atoms with E-state index < -0.39 is 23.3 Å². The second kappa shape index (κ2) is 3.97. The summed E-state index contributed by atoms with van der Waals surface area (Å²) in [5.74, 6) is 0. The fourth-order valence-electron chi connectivity index (χ4n) is 0. The summed E-state index contributed by atoms with van der Waals surface area (Å²) in [6.45, 7) is 3.45. The summed E-state index contributed by atoms with van der Waals surface area (Å²) in [5.41, 5.74) is 0. The van der Waals surface area contributed by atoms with Gasteiger partial charge < -0.3 is 0 Å². The Morgan fingerprint density at radius 1 is 2.00 bits per heavy atom. The van der Waals surface area contributed by atoms with E-state index in [1.54, 1.807) is 0 Å². The topological polar surface area (TPSA) is 0 Å². The molecule has 0 N–H and O–H groups in total. The van der Waals surface area contributed by atoms with E-state index in [0.717, 1.165) is 0 Å². The normalized spacial score (nSPS) is 4.25. The molecule has 0 fully saturated rings. The molecule has 0 radical (unpaired) electrons. The van der Waals surface area contributed by atoms with Gasteiger partial charge >= 0.3 is 41.8 Å². The average molecular weight is 263 g/mol. The Morgan fingerprint density at radius 2 is 2.25 bits per heavy atom. The van der Waals surface area contributed by atoms with Crippen LogP contribution in [-0.2, 0) is 23.3 Å². The first-order chi connectivity index (χ1) is 1.91. The second-order valence-electron chi connectivity index (χ2n) is 0.443. The molecule has 0 saturated heterocycles. The van der Waals surface area contributed by atoms with E-state index in [2.05, 4.69) is 6.58 Å². The van der Waals surface area contributed by atoms with Gasteiger partial charge in [-0.25, -0.2) is 0 Å². The van der Waals surface area contributed by atoms with E-state index in [9.17, 15) is 0 Å². The minimum absolute atomic E-state index is 0.877. The molecule has 2 heteroatoms. The van der Waals surface area contributed by atoms with Crippen LogP contribution in [0.4, 0.5) is 0 Å². The molecule has 0 aliphatic carbocycles. The van der Waals surface area contributed by atoms with Crippen molar-refractivity contribution in [1.82, 2.24) is 0 Å². The summed E-state index contributed by atoms with van der Waals surface area (Å²) in [4.78, 5) is 0. The van der Waals surface area contributed by atoms with Gasteiger partial charge in [-0.15, -0.1) is 0 Å². The Labute approximate surface area is 41.7 Å². The van der Waals surface area contributed by atoms with Crippen LogP contribution < -0.4 is 0 Å². The maximum absolute atomic E-state index is 5.29. The Balaban J connectivity index is 2.30.